The first-order valence-corrected chi connectivity index (χ1v) is 20.3. The van der Waals surface area contributed by atoms with Gasteiger partial charge in [0.2, 0.25) is 0 Å². The zero-order chi connectivity index (χ0) is 39.0. The Morgan fingerprint density at radius 2 is 1.07 bits per heavy atom. The lowest BCUT2D eigenvalue weighted by atomic mass is 9.89. The zero-order valence-corrected chi connectivity index (χ0v) is 32.4. The van der Waals surface area contributed by atoms with E-state index in [-0.39, 0.29) is 0 Å². The van der Waals surface area contributed by atoms with E-state index in [4.69, 9.17) is 8.83 Å². The Labute approximate surface area is 341 Å². The summed E-state index contributed by atoms with van der Waals surface area (Å²) in [6.45, 7) is 2.28. The van der Waals surface area contributed by atoms with Crippen molar-refractivity contribution >= 4 is 77.8 Å². The number of allylic oxidation sites excluding steroid dienone is 1. The van der Waals surface area contributed by atoms with E-state index in [0.29, 0.717) is 5.92 Å². The van der Waals surface area contributed by atoms with Gasteiger partial charge in [-0.2, -0.15) is 0 Å². The second kappa shape index (κ2) is 13.2. The van der Waals surface area contributed by atoms with Gasteiger partial charge in [-0.3, -0.25) is 0 Å². The molecule has 0 unspecified atom stereocenters. The summed E-state index contributed by atoms with van der Waals surface area (Å²) >= 11 is 0. The van der Waals surface area contributed by atoms with E-state index in [9.17, 15) is 0 Å². The number of rotatable bonds is 5. The number of fused-ring (bicyclic) bond motifs is 10. The molecular formula is C56H37NO2. The predicted molar refractivity (Wildman–Crippen MR) is 247 cm³/mol. The van der Waals surface area contributed by atoms with Gasteiger partial charge < -0.3 is 13.7 Å². The minimum Gasteiger partial charge on any atom is -0.456 e. The molecule has 278 valence electrons. The molecule has 12 rings (SSSR count). The largest absolute Gasteiger partial charge is 0.456 e. The number of hydrogen-bond donors (Lipinski definition) is 0. The molecule has 0 N–H and O–H groups in total. The smallest absolute Gasteiger partial charge is 0.136 e. The van der Waals surface area contributed by atoms with Crippen LogP contribution in [0.25, 0.3) is 94.1 Å². The fraction of sp³-hybridized carbons (Fsp3) is 0.0357. The van der Waals surface area contributed by atoms with Crippen LogP contribution in [0.5, 0.6) is 0 Å². The van der Waals surface area contributed by atoms with Crippen molar-refractivity contribution < 1.29 is 8.83 Å². The predicted octanol–water partition coefficient (Wildman–Crippen LogP) is 16.2. The SMILES string of the molecule is C[C@@H]1C=Cc2c(-c3ccc(N(c4ccc5oc6ccccc6c5c4)c4ccccc4-c4cccc5oc6cc7ccccc7cc6c45)cc3)cccc2-c2ccccc21. The summed E-state index contributed by atoms with van der Waals surface area (Å²) in [7, 11) is 0. The van der Waals surface area contributed by atoms with Crippen molar-refractivity contribution in [3.8, 4) is 33.4 Å². The third-order valence-electron chi connectivity index (χ3n) is 12.3. The van der Waals surface area contributed by atoms with Crippen molar-refractivity contribution in [1.29, 1.82) is 0 Å². The summed E-state index contributed by atoms with van der Waals surface area (Å²) in [4.78, 5) is 2.39. The van der Waals surface area contributed by atoms with E-state index in [2.05, 4.69) is 200 Å². The molecule has 3 nitrogen and oxygen atoms in total. The highest BCUT2D eigenvalue weighted by Crippen LogP contribution is 2.47. The van der Waals surface area contributed by atoms with Crippen LogP contribution in [-0.2, 0) is 0 Å². The number of nitrogens with zero attached hydrogens (tertiary/aromatic N) is 1. The Balaban J connectivity index is 1.05. The van der Waals surface area contributed by atoms with E-state index >= 15 is 0 Å². The molecular weight excluding hydrogens is 719 g/mol. The van der Waals surface area contributed by atoms with Gasteiger partial charge in [-0.05, 0) is 116 Å². The number of furan rings is 2. The number of anilines is 3. The van der Waals surface area contributed by atoms with E-state index < -0.39 is 0 Å². The molecule has 0 saturated carbocycles. The minimum absolute atomic E-state index is 0.331. The molecule has 0 bridgehead atoms. The Morgan fingerprint density at radius 1 is 0.424 bits per heavy atom. The summed E-state index contributed by atoms with van der Waals surface area (Å²) in [5.41, 5.74) is 16.5. The van der Waals surface area contributed by atoms with Crippen molar-refractivity contribution in [1.82, 2.24) is 0 Å². The highest BCUT2D eigenvalue weighted by molar-refractivity contribution is 6.17. The molecule has 0 fully saturated rings. The maximum atomic E-state index is 6.57. The van der Waals surface area contributed by atoms with Crippen LogP contribution in [0.4, 0.5) is 17.1 Å². The normalized spacial score (nSPS) is 13.6. The van der Waals surface area contributed by atoms with Crippen LogP contribution in [0.3, 0.4) is 0 Å². The molecule has 11 aromatic rings. The van der Waals surface area contributed by atoms with Crippen LogP contribution >= 0.6 is 0 Å². The van der Waals surface area contributed by atoms with Crippen LogP contribution in [0.15, 0.2) is 203 Å². The lowest BCUT2D eigenvalue weighted by Gasteiger charge is -2.28. The summed E-state index contributed by atoms with van der Waals surface area (Å²) in [5, 5.41) is 6.77. The minimum atomic E-state index is 0.331. The van der Waals surface area contributed by atoms with Gasteiger partial charge in [0.1, 0.15) is 22.3 Å². The van der Waals surface area contributed by atoms with Crippen LogP contribution < -0.4 is 4.90 Å². The molecule has 0 saturated heterocycles. The molecule has 1 aliphatic rings. The molecule has 1 atom stereocenters. The van der Waals surface area contributed by atoms with E-state index in [0.717, 1.165) is 72.1 Å². The van der Waals surface area contributed by atoms with Crippen molar-refractivity contribution in [2.24, 2.45) is 0 Å². The Morgan fingerprint density at radius 3 is 1.97 bits per heavy atom. The fourth-order valence-corrected chi connectivity index (χ4v) is 9.42. The molecule has 0 aliphatic heterocycles. The maximum Gasteiger partial charge on any atom is 0.136 e. The molecule has 2 aromatic heterocycles. The highest BCUT2D eigenvalue weighted by Gasteiger charge is 2.23. The molecule has 1 aliphatic carbocycles. The first kappa shape index (κ1) is 33.5. The average Bonchev–Trinajstić information content (AvgIpc) is 3.81. The van der Waals surface area contributed by atoms with Gasteiger partial charge in [-0.25, -0.2) is 0 Å². The lowest BCUT2D eigenvalue weighted by molar-refractivity contribution is 0.668. The quantitative estimate of drug-likeness (QED) is 0.175. The Hall–Kier alpha value is -7.62. The molecule has 2 heterocycles. The summed E-state index contributed by atoms with van der Waals surface area (Å²) < 4.78 is 12.9. The standard InChI is InChI=1S/C56H37NO2/c1-35-24-30-45-42(18-10-19-44(45)43-15-5-4-14-41(35)43)36-25-27-39(28-26-36)57(40-29-31-53-49(34-40)47-17-7-9-22-52(47)58-53)51-21-8-6-16-46(51)48-20-11-23-54-56(48)50-32-37-12-2-3-13-38(37)33-55(50)59-54/h2-35H,1H3/t35-/m1/s1. The Kier molecular flexibility index (Phi) is 7.51. The van der Waals surface area contributed by atoms with Gasteiger partial charge in [0, 0.05) is 38.5 Å². The van der Waals surface area contributed by atoms with Gasteiger partial charge in [-0.1, -0.05) is 146 Å². The second-order valence-corrected chi connectivity index (χ2v) is 15.7. The number of para-hydroxylation sites is 2. The summed E-state index contributed by atoms with van der Waals surface area (Å²) in [5.74, 6) is 0.331. The van der Waals surface area contributed by atoms with Gasteiger partial charge in [0.15, 0.2) is 0 Å². The first-order valence-electron chi connectivity index (χ1n) is 20.3. The summed E-state index contributed by atoms with van der Waals surface area (Å²) in [6, 6.07) is 67.5. The van der Waals surface area contributed by atoms with Crippen LogP contribution in [0.2, 0.25) is 0 Å². The maximum absolute atomic E-state index is 6.57. The molecule has 3 heteroatoms. The third kappa shape index (κ3) is 5.36. The number of benzene rings is 9. The van der Waals surface area contributed by atoms with Crippen LogP contribution in [0.1, 0.15) is 24.0 Å². The average molecular weight is 756 g/mol. The molecule has 59 heavy (non-hydrogen) atoms. The molecule has 0 amide bonds. The van der Waals surface area contributed by atoms with E-state index in [1.54, 1.807) is 0 Å². The first-order chi connectivity index (χ1) is 29.2. The van der Waals surface area contributed by atoms with Crippen LogP contribution in [-0.4, -0.2) is 0 Å². The highest BCUT2D eigenvalue weighted by atomic mass is 16.3. The van der Waals surface area contributed by atoms with Crippen LogP contribution in [0, 0.1) is 0 Å². The van der Waals surface area contributed by atoms with Crippen molar-refractivity contribution in [3.05, 3.63) is 205 Å². The molecule has 9 aromatic carbocycles. The van der Waals surface area contributed by atoms with Crippen molar-refractivity contribution in [2.75, 3.05) is 4.90 Å². The second-order valence-electron chi connectivity index (χ2n) is 15.7. The summed E-state index contributed by atoms with van der Waals surface area (Å²) in [6.07, 6.45) is 4.66. The Bertz CT molecular complexity index is 3470. The molecule has 0 spiro atoms. The monoisotopic (exact) mass is 755 g/mol. The van der Waals surface area contributed by atoms with Crippen molar-refractivity contribution in [3.63, 3.8) is 0 Å². The number of hydrogen-bond acceptors (Lipinski definition) is 3. The third-order valence-corrected chi connectivity index (χ3v) is 12.3. The lowest BCUT2D eigenvalue weighted by Crippen LogP contribution is -2.11. The van der Waals surface area contributed by atoms with E-state index in [1.165, 1.54) is 44.2 Å². The van der Waals surface area contributed by atoms with Gasteiger partial charge >= 0.3 is 0 Å². The fourth-order valence-electron chi connectivity index (χ4n) is 9.42. The van der Waals surface area contributed by atoms with E-state index in [1.807, 2.05) is 12.1 Å². The van der Waals surface area contributed by atoms with Gasteiger partial charge in [0.25, 0.3) is 0 Å². The van der Waals surface area contributed by atoms with Crippen molar-refractivity contribution in [2.45, 2.75) is 12.8 Å². The van der Waals surface area contributed by atoms with Gasteiger partial charge in [0.05, 0.1) is 5.69 Å². The molecule has 0 radical (unpaired) electrons. The van der Waals surface area contributed by atoms with Gasteiger partial charge in [-0.15, -0.1) is 0 Å². The zero-order valence-electron chi connectivity index (χ0n) is 32.4. The topological polar surface area (TPSA) is 29.5 Å².